The van der Waals surface area contributed by atoms with E-state index >= 15 is 0 Å². The Kier molecular flexibility index (Phi) is 6.94. The number of methoxy groups -OCH3 is 1. The van der Waals surface area contributed by atoms with E-state index in [-0.39, 0.29) is 11.3 Å². The molecule has 2 N–H and O–H groups in total. The average Bonchev–Trinajstić information content (AvgIpc) is 2.66. The number of nitrogens with two attached hydrogens (primary N) is 1. The molecule has 10 heteroatoms. The Morgan fingerprint density at radius 3 is 2.34 bits per heavy atom. The number of sulfone groups is 1. The van der Waals surface area contributed by atoms with Gasteiger partial charge in [-0.3, -0.25) is 14.9 Å². The summed E-state index contributed by atoms with van der Waals surface area (Å²) in [7, 11) is -2.67. The van der Waals surface area contributed by atoms with Crippen LogP contribution in [0.1, 0.15) is 18.1 Å². The molecule has 0 radical (unpaired) electrons. The fourth-order valence-corrected chi connectivity index (χ4v) is 3.93. The number of nitrogens with zero attached hydrogens (tertiary/aromatic N) is 1. The normalized spacial score (nSPS) is 11.7. The topological polar surface area (TPSA) is 139 Å². The number of benzene rings is 2. The van der Waals surface area contributed by atoms with Crippen molar-refractivity contribution in [1.82, 2.24) is 0 Å². The predicted molar refractivity (Wildman–Crippen MR) is 107 cm³/mol. The molecule has 1 amide bonds. The van der Waals surface area contributed by atoms with Crippen molar-refractivity contribution in [3.8, 4) is 11.5 Å². The van der Waals surface area contributed by atoms with E-state index in [9.17, 15) is 23.3 Å². The second-order valence-corrected chi connectivity index (χ2v) is 7.86. The van der Waals surface area contributed by atoms with Crippen LogP contribution in [0.4, 0.5) is 5.69 Å². The fraction of sp³-hybridized carbons (Fsp3) is 0.211. The molecule has 2 aromatic rings. The second kappa shape index (κ2) is 9.20. The van der Waals surface area contributed by atoms with Crippen molar-refractivity contribution in [2.45, 2.75) is 12.7 Å². The van der Waals surface area contributed by atoms with Gasteiger partial charge in [0.25, 0.3) is 11.6 Å². The van der Waals surface area contributed by atoms with Crippen molar-refractivity contribution in [2.75, 3.05) is 13.7 Å². The lowest BCUT2D eigenvalue weighted by Gasteiger charge is -2.11. The number of carbonyl (C=O) groups is 1. The molecule has 29 heavy (non-hydrogen) atoms. The zero-order valence-electron chi connectivity index (χ0n) is 15.8. The van der Waals surface area contributed by atoms with Gasteiger partial charge in [-0.05, 0) is 36.3 Å². The van der Waals surface area contributed by atoms with Gasteiger partial charge in [0.2, 0.25) is 0 Å². The van der Waals surface area contributed by atoms with Crippen molar-refractivity contribution in [3.05, 3.63) is 68.6 Å². The third-order valence-electron chi connectivity index (χ3n) is 3.87. The monoisotopic (exact) mass is 420 g/mol. The number of nitro groups is 1. The molecule has 0 aliphatic rings. The summed E-state index contributed by atoms with van der Waals surface area (Å²) in [5.74, 6) is -0.799. The minimum absolute atomic E-state index is 0.168. The molecule has 0 fully saturated rings. The highest BCUT2D eigenvalue weighted by atomic mass is 32.2. The standard InChI is InChI=1S/C19H20N2O7S/c1-3-28-16-9-6-14(10-17(16)27-2)11-18(19(20)22)29(25,26)12-13-4-7-15(8-5-13)21(23)24/h4-11H,3,12H2,1-2H3,(H2,20,22)/b18-11-. The molecule has 0 aliphatic carbocycles. The summed E-state index contributed by atoms with van der Waals surface area (Å²) in [5, 5.41) is 10.7. The van der Waals surface area contributed by atoms with Gasteiger partial charge < -0.3 is 15.2 Å². The summed E-state index contributed by atoms with van der Waals surface area (Å²) in [6, 6.07) is 9.69. The molecule has 0 saturated heterocycles. The van der Waals surface area contributed by atoms with Crippen LogP contribution in [0.25, 0.3) is 6.08 Å². The summed E-state index contributed by atoms with van der Waals surface area (Å²) >= 11 is 0. The van der Waals surface area contributed by atoms with Gasteiger partial charge in [0.05, 0.1) is 24.4 Å². The van der Waals surface area contributed by atoms with Gasteiger partial charge in [0.15, 0.2) is 21.3 Å². The number of hydrogen-bond acceptors (Lipinski definition) is 7. The van der Waals surface area contributed by atoms with Gasteiger partial charge in [0, 0.05) is 12.1 Å². The van der Waals surface area contributed by atoms with E-state index in [0.717, 1.165) is 6.08 Å². The largest absolute Gasteiger partial charge is 0.493 e. The lowest BCUT2D eigenvalue weighted by Crippen LogP contribution is -2.22. The van der Waals surface area contributed by atoms with Crippen molar-refractivity contribution in [3.63, 3.8) is 0 Å². The van der Waals surface area contributed by atoms with Crippen LogP contribution in [-0.4, -0.2) is 33.0 Å². The lowest BCUT2D eigenvalue weighted by molar-refractivity contribution is -0.384. The molecule has 0 bridgehead atoms. The first kappa shape index (κ1) is 21.9. The third kappa shape index (κ3) is 5.55. The first-order chi connectivity index (χ1) is 13.7. The molecule has 0 heterocycles. The Balaban J connectivity index is 2.38. The Morgan fingerprint density at radius 1 is 1.17 bits per heavy atom. The quantitative estimate of drug-likeness (QED) is 0.373. The summed E-state index contributed by atoms with van der Waals surface area (Å²) in [4.78, 5) is 21.4. The molecule has 0 spiro atoms. The van der Waals surface area contributed by atoms with E-state index in [2.05, 4.69) is 0 Å². The molecule has 2 rings (SSSR count). The Labute approximate surface area is 167 Å². The van der Waals surface area contributed by atoms with Crippen LogP contribution in [0.15, 0.2) is 47.4 Å². The first-order valence-electron chi connectivity index (χ1n) is 8.46. The maximum absolute atomic E-state index is 12.7. The van der Waals surface area contributed by atoms with Crippen LogP contribution in [0.3, 0.4) is 0 Å². The summed E-state index contributed by atoms with van der Waals surface area (Å²) in [5.41, 5.74) is 5.80. The van der Waals surface area contributed by atoms with E-state index in [0.29, 0.717) is 23.7 Å². The molecule has 0 atom stereocenters. The molecule has 9 nitrogen and oxygen atoms in total. The maximum Gasteiger partial charge on any atom is 0.269 e. The zero-order chi connectivity index (χ0) is 21.6. The number of non-ortho nitro benzene ring substituents is 1. The maximum atomic E-state index is 12.7. The summed E-state index contributed by atoms with van der Waals surface area (Å²) in [6.45, 7) is 2.23. The average molecular weight is 420 g/mol. The van der Waals surface area contributed by atoms with Gasteiger partial charge in [-0.1, -0.05) is 18.2 Å². The van der Waals surface area contributed by atoms with E-state index in [1.165, 1.54) is 37.4 Å². The van der Waals surface area contributed by atoms with Crippen LogP contribution in [0, 0.1) is 10.1 Å². The Bertz CT molecular complexity index is 1040. The van der Waals surface area contributed by atoms with Gasteiger partial charge in [-0.25, -0.2) is 8.42 Å². The van der Waals surface area contributed by atoms with Crippen LogP contribution in [0.2, 0.25) is 0 Å². The van der Waals surface area contributed by atoms with Crippen molar-refractivity contribution >= 4 is 27.5 Å². The van der Waals surface area contributed by atoms with Gasteiger partial charge >= 0.3 is 0 Å². The van der Waals surface area contributed by atoms with Crippen molar-refractivity contribution in [2.24, 2.45) is 5.73 Å². The molecular weight excluding hydrogens is 400 g/mol. The number of rotatable bonds is 9. The third-order valence-corrected chi connectivity index (χ3v) is 5.57. The summed E-state index contributed by atoms with van der Waals surface area (Å²) < 4.78 is 36.1. The minimum Gasteiger partial charge on any atom is -0.493 e. The highest BCUT2D eigenvalue weighted by Gasteiger charge is 2.24. The van der Waals surface area contributed by atoms with Crippen LogP contribution >= 0.6 is 0 Å². The van der Waals surface area contributed by atoms with Gasteiger partial charge in [-0.15, -0.1) is 0 Å². The first-order valence-corrected chi connectivity index (χ1v) is 10.1. The fourth-order valence-electron chi connectivity index (χ4n) is 2.53. The van der Waals surface area contributed by atoms with Crippen molar-refractivity contribution in [1.29, 1.82) is 0 Å². The molecule has 0 unspecified atom stereocenters. The van der Waals surface area contributed by atoms with Crippen LogP contribution < -0.4 is 15.2 Å². The summed E-state index contributed by atoms with van der Waals surface area (Å²) in [6.07, 6.45) is 1.15. The molecule has 154 valence electrons. The van der Waals surface area contributed by atoms with E-state index in [1.54, 1.807) is 12.1 Å². The number of nitro benzene ring substituents is 1. The lowest BCUT2D eigenvalue weighted by atomic mass is 10.2. The van der Waals surface area contributed by atoms with Gasteiger partial charge in [-0.2, -0.15) is 0 Å². The van der Waals surface area contributed by atoms with Crippen LogP contribution in [0.5, 0.6) is 11.5 Å². The number of amides is 1. The Hall–Kier alpha value is -3.40. The second-order valence-electron chi connectivity index (χ2n) is 5.90. The molecular formula is C19H20N2O7S. The molecule has 0 saturated carbocycles. The predicted octanol–water partition coefficient (Wildman–Crippen LogP) is 2.44. The Morgan fingerprint density at radius 2 is 1.83 bits per heavy atom. The minimum atomic E-state index is -4.10. The molecule has 2 aromatic carbocycles. The smallest absolute Gasteiger partial charge is 0.269 e. The number of ether oxygens (including phenoxy) is 2. The van der Waals surface area contributed by atoms with Crippen LogP contribution in [-0.2, 0) is 20.4 Å². The van der Waals surface area contributed by atoms with Gasteiger partial charge in [0.1, 0.15) is 4.91 Å². The van der Waals surface area contributed by atoms with E-state index < -0.39 is 31.3 Å². The molecule has 0 aliphatic heterocycles. The number of carbonyl (C=O) groups excluding carboxylic acids is 1. The van der Waals surface area contributed by atoms with E-state index in [1.807, 2.05) is 6.92 Å². The number of hydrogen-bond donors (Lipinski definition) is 1. The SMILES string of the molecule is CCOc1ccc(/C=C(/C(N)=O)S(=O)(=O)Cc2ccc([N+](=O)[O-])cc2)cc1OC. The highest BCUT2D eigenvalue weighted by molar-refractivity contribution is 7.95. The van der Waals surface area contributed by atoms with Crippen molar-refractivity contribution < 1.29 is 27.6 Å². The highest BCUT2D eigenvalue weighted by Crippen LogP contribution is 2.29. The number of primary amides is 1. The molecule has 0 aromatic heterocycles. The van der Waals surface area contributed by atoms with E-state index in [4.69, 9.17) is 15.2 Å². The zero-order valence-corrected chi connectivity index (χ0v) is 16.6.